The lowest BCUT2D eigenvalue weighted by Gasteiger charge is -2.35. The Morgan fingerprint density at radius 2 is 2.17 bits per heavy atom. The van der Waals surface area contributed by atoms with Gasteiger partial charge in [-0.2, -0.15) is 0 Å². The Kier molecular flexibility index (Phi) is 6.20. The summed E-state index contributed by atoms with van der Waals surface area (Å²) in [6.45, 7) is 5.38. The Hall–Kier alpha value is -2.32. The van der Waals surface area contributed by atoms with Crippen molar-refractivity contribution in [3.63, 3.8) is 0 Å². The number of carbonyl (C=O) groups excluding carboxylic acids is 1. The van der Waals surface area contributed by atoms with E-state index >= 15 is 0 Å². The van der Waals surface area contributed by atoms with Crippen LogP contribution in [0.4, 0.5) is 0 Å². The van der Waals surface area contributed by atoms with Crippen molar-refractivity contribution >= 4 is 29.0 Å². The van der Waals surface area contributed by atoms with E-state index in [-0.39, 0.29) is 17.7 Å². The van der Waals surface area contributed by atoms with Crippen molar-refractivity contribution in [3.05, 3.63) is 46.2 Å². The van der Waals surface area contributed by atoms with E-state index in [1.807, 2.05) is 36.1 Å². The normalized spacial score (nSPS) is 15.9. The minimum atomic E-state index is 0.105. The van der Waals surface area contributed by atoms with Crippen LogP contribution >= 0.6 is 23.1 Å². The second-order valence-corrected chi connectivity index (χ2v) is 8.58. The Morgan fingerprint density at radius 1 is 1.31 bits per heavy atom. The van der Waals surface area contributed by atoms with E-state index in [0.717, 1.165) is 24.9 Å². The van der Waals surface area contributed by atoms with Gasteiger partial charge in [-0.3, -0.25) is 4.79 Å². The third-order valence-corrected chi connectivity index (χ3v) is 6.74. The molecule has 1 aliphatic rings. The van der Waals surface area contributed by atoms with Gasteiger partial charge in [-0.25, -0.2) is 0 Å². The third-order valence-electron chi connectivity index (χ3n) is 4.94. The molecule has 0 fully saturated rings. The Bertz CT molecular complexity index is 985. The maximum atomic E-state index is 12.9. The van der Waals surface area contributed by atoms with Crippen molar-refractivity contribution in [1.29, 1.82) is 0 Å². The van der Waals surface area contributed by atoms with E-state index in [0.29, 0.717) is 23.5 Å². The molecule has 1 unspecified atom stereocenters. The molecule has 1 amide bonds. The van der Waals surface area contributed by atoms with Gasteiger partial charge in [0, 0.05) is 11.4 Å². The summed E-state index contributed by atoms with van der Waals surface area (Å²) >= 11 is 3.07. The quantitative estimate of drug-likeness (QED) is 0.501. The van der Waals surface area contributed by atoms with Gasteiger partial charge in [-0.15, -0.1) is 21.5 Å². The zero-order valence-corrected chi connectivity index (χ0v) is 18.1. The third kappa shape index (κ3) is 4.18. The van der Waals surface area contributed by atoms with E-state index in [9.17, 15) is 4.79 Å². The zero-order valence-electron chi connectivity index (χ0n) is 16.5. The number of carbonyl (C=O) groups is 1. The number of hydrogen-bond donors (Lipinski definition) is 0. The largest absolute Gasteiger partial charge is 0.493 e. The predicted octanol–water partition coefficient (Wildman–Crippen LogP) is 4.82. The van der Waals surface area contributed by atoms with E-state index in [4.69, 9.17) is 9.15 Å². The SMILES string of the molecule is CCOc1ccccc1-c1nnc(SCC(=O)N2CCc3sccc3C2CC)o1. The molecule has 29 heavy (non-hydrogen) atoms. The van der Waals surface area contributed by atoms with Gasteiger partial charge in [0.2, 0.25) is 5.91 Å². The number of amides is 1. The molecule has 0 saturated carbocycles. The summed E-state index contributed by atoms with van der Waals surface area (Å²) in [6.07, 6.45) is 1.85. The number of thioether (sulfide) groups is 1. The molecule has 0 saturated heterocycles. The standard InChI is InChI=1S/C21H23N3O3S2/c1-3-16-14-10-12-28-18(14)9-11-24(16)19(25)13-29-21-23-22-20(27-21)15-7-5-6-8-17(15)26-4-2/h5-8,10,12,16H,3-4,9,11,13H2,1-2H3. The van der Waals surface area contributed by atoms with Crippen LogP contribution in [0.15, 0.2) is 45.4 Å². The number of hydrogen-bond acceptors (Lipinski definition) is 7. The molecule has 0 N–H and O–H groups in total. The van der Waals surface area contributed by atoms with Crippen molar-refractivity contribution in [3.8, 4) is 17.2 Å². The fourth-order valence-corrected chi connectivity index (χ4v) is 5.22. The van der Waals surface area contributed by atoms with Gasteiger partial charge in [-0.05, 0) is 48.9 Å². The minimum Gasteiger partial charge on any atom is -0.493 e. The van der Waals surface area contributed by atoms with Crippen LogP contribution in [-0.4, -0.2) is 39.9 Å². The summed E-state index contributed by atoms with van der Waals surface area (Å²) in [5.41, 5.74) is 2.06. The predicted molar refractivity (Wildman–Crippen MR) is 114 cm³/mol. The van der Waals surface area contributed by atoms with Gasteiger partial charge in [0.05, 0.1) is 24.0 Å². The van der Waals surface area contributed by atoms with Crippen LogP contribution in [0.25, 0.3) is 11.5 Å². The highest BCUT2D eigenvalue weighted by Crippen LogP contribution is 2.36. The van der Waals surface area contributed by atoms with Gasteiger partial charge in [0.25, 0.3) is 11.1 Å². The second-order valence-electron chi connectivity index (χ2n) is 6.65. The van der Waals surface area contributed by atoms with Gasteiger partial charge in [-0.1, -0.05) is 30.8 Å². The van der Waals surface area contributed by atoms with Gasteiger partial charge >= 0.3 is 0 Å². The van der Waals surface area contributed by atoms with Crippen molar-refractivity contribution in [2.45, 2.75) is 38.0 Å². The highest BCUT2D eigenvalue weighted by molar-refractivity contribution is 7.99. The van der Waals surface area contributed by atoms with E-state index < -0.39 is 0 Å². The first-order valence-electron chi connectivity index (χ1n) is 9.75. The summed E-state index contributed by atoms with van der Waals surface area (Å²) in [5, 5.41) is 10.7. The summed E-state index contributed by atoms with van der Waals surface area (Å²) in [5.74, 6) is 1.49. The first-order chi connectivity index (χ1) is 14.2. The molecule has 4 rings (SSSR count). The highest BCUT2D eigenvalue weighted by atomic mass is 32.2. The van der Waals surface area contributed by atoms with Crippen LogP contribution in [0, 0.1) is 0 Å². The number of nitrogens with zero attached hydrogens (tertiary/aromatic N) is 3. The first-order valence-corrected chi connectivity index (χ1v) is 11.6. The van der Waals surface area contributed by atoms with E-state index in [1.165, 1.54) is 22.2 Å². The van der Waals surface area contributed by atoms with Crippen LogP contribution < -0.4 is 4.74 Å². The molecule has 0 spiro atoms. The fourth-order valence-electron chi connectivity index (χ4n) is 3.64. The van der Waals surface area contributed by atoms with Crippen LogP contribution in [-0.2, 0) is 11.2 Å². The van der Waals surface area contributed by atoms with Crippen LogP contribution in [0.2, 0.25) is 0 Å². The van der Waals surface area contributed by atoms with E-state index in [2.05, 4.69) is 28.6 Å². The van der Waals surface area contributed by atoms with Crippen LogP contribution in [0.5, 0.6) is 5.75 Å². The monoisotopic (exact) mass is 429 g/mol. The van der Waals surface area contributed by atoms with E-state index in [1.54, 1.807) is 11.3 Å². The van der Waals surface area contributed by atoms with Gasteiger partial charge in [0.1, 0.15) is 5.75 Å². The van der Waals surface area contributed by atoms with Crippen molar-refractivity contribution in [2.75, 3.05) is 18.9 Å². The van der Waals surface area contributed by atoms with Crippen molar-refractivity contribution in [2.24, 2.45) is 0 Å². The molecule has 3 aromatic rings. The molecule has 8 heteroatoms. The molecule has 1 aromatic carbocycles. The van der Waals surface area contributed by atoms with Crippen molar-refractivity contribution in [1.82, 2.24) is 15.1 Å². The lowest BCUT2D eigenvalue weighted by Crippen LogP contribution is -2.40. The smallest absolute Gasteiger partial charge is 0.277 e. The summed E-state index contributed by atoms with van der Waals surface area (Å²) in [6, 6.07) is 9.88. The minimum absolute atomic E-state index is 0.105. The number of rotatable bonds is 7. The summed E-state index contributed by atoms with van der Waals surface area (Å²) < 4.78 is 11.4. The molecule has 0 radical (unpaired) electrons. The zero-order chi connectivity index (χ0) is 20.2. The molecule has 1 aliphatic heterocycles. The molecule has 0 bridgehead atoms. The fraction of sp³-hybridized carbons (Fsp3) is 0.381. The molecule has 2 aromatic heterocycles. The molecular weight excluding hydrogens is 406 g/mol. The maximum absolute atomic E-state index is 12.9. The Balaban J connectivity index is 1.42. The number of fused-ring (bicyclic) bond motifs is 1. The first kappa shape index (κ1) is 20.0. The number of thiophene rings is 1. The number of benzene rings is 1. The number of aromatic nitrogens is 2. The molecule has 6 nitrogen and oxygen atoms in total. The average Bonchev–Trinajstić information content (AvgIpc) is 3.41. The molecule has 0 aliphatic carbocycles. The Labute approximate surface area is 178 Å². The second kappa shape index (κ2) is 9.00. The average molecular weight is 430 g/mol. The molecular formula is C21H23N3O3S2. The van der Waals surface area contributed by atoms with Gasteiger partial charge < -0.3 is 14.1 Å². The van der Waals surface area contributed by atoms with Gasteiger partial charge in [0.15, 0.2) is 0 Å². The molecule has 3 heterocycles. The molecule has 1 atom stereocenters. The van der Waals surface area contributed by atoms with Crippen molar-refractivity contribution < 1.29 is 13.9 Å². The number of ether oxygens (including phenoxy) is 1. The summed E-state index contributed by atoms with van der Waals surface area (Å²) in [7, 11) is 0. The Morgan fingerprint density at radius 3 is 3.00 bits per heavy atom. The maximum Gasteiger partial charge on any atom is 0.277 e. The van der Waals surface area contributed by atoms with Crippen LogP contribution in [0.3, 0.4) is 0 Å². The van der Waals surface area contributed by atoms with Crippen LogP contribution in [0.1, 0.15) is 36.8 Å². The molecule has 152 valence electrons. The highest BCUT2D eigenvalue weighted by Gasteiger charge is 2.30. The lowest BCUT2D eigenvalue weighted by atomic mass is 9.98. The topological polar surface area (TPSA) is 68.5 Å². The lowest BCUT2D eigenvalue weighted by molar-refractivity contribution is -0.131. The summed E-state index contributed by atoms with van der Waals surface area (Å²) in [4.78, 5) is 16.3. The number of para-hydroxylation sites is 1.